The summed E-state index contributed by atoms with van der Waals surface area (Å²) in [5, 5.41) is 0. The van der Waals surface area contributed by atoms with Gasteiger partial charge in [0.2, 0.25) is 0 Å². The minimum absolute atomic E-state index is 0.861. The summed E-state index contributed by atoms with van der Waals surface area (Å²) < 4.78 is 0. The highest BCUT2D eigenvalue weighted by Gasteiger charge is 2.07. The molecule has 1 aromatic carbocycles. The third kappa shape index (κ3) is 8.05. The molecule has 0 aliphatic heterocycles. The van der Waals surface area contributed by atoms with Crippen molar-refractivity contribution >= 4 is 16.1 Å². The molecule has 0 spiro atoms. The summed E-state index contributed by atoms with van der Waals surface area (Å²) in [6.45, 7) is 13.7. The Kier molecular flexibility index (Phi) is 5.87. The van der Waals surface area contributed by atoms with Gasteiger partial charge in [0.1, 0.15) is 16.1 Å². The zero-order valence-electron chi connectivity index (χ0n) is 13.7. The van der Waals surface area contributed by atoms with Crippen LogP contribution in [0.5, 0.6) is 0 Å². The number of hydrogen-bond acceptors (Lipinski definition) is 0. The Morgan fingerprint density at radius 3 is 1.50 bits per heavy atom. The van der Waals surface area contributed by atoms with Crippen LogP contribution in [0.2, 0.25) is 39.3 Å². The fourth-order valence-corrected chi connectivity index (χ4v) is 2.91. The van der Waals surface area contributed by atoms with Gasteiger partial charge in [0.25, 0.3) is 0 Å². The minimum Gasteiger partial charge on any atom is -0.132 e. The first-order valence-electron chi connectivity index (χ1n) is 7.24. The largest absolute Gasteiger partial charge is 0.132 e. The van der Waals surface area contributed by atoms with Crippen LogP contribution in [-0.4, -0.2) is 16.1 Å². The Morgan fingerprint density at radius 1 is 0.750 bits per heavy atom. The molecule has 0 aliphatic carbocycles. The second-order valence-corrected chi connectivity index (χ2v) is 16.8. The quantitative estimate of drug-likeness (QED) is 0.556. The topological polar surface area (TPSA) is 0 Å². The molecule has 0 aromatic heterocycles. The van der Waals surface area contributed by atoms with Gasteiger partial charge in [-0.1, -0.05) is 63.5 Å². The highest BCUT2D eigenvalue weighted by molar-refractivity contribution is 6.84. The highest BCUT2D eigenvalue weighted by Crippen LogP contribution is 2.07. The van der Waals surface area contributed by atoms with Crippen molar-refractivity contribution in [1.82, 2.24) is 0 Å². The Hall–Kier alpha value is -1.23. The van der Waals surface area contributed by atoms with E-state index in [4.69, 9.17) is 0 Å². The highest BCUT2D eigenvalue weighted by atomic mass is 28.3. The van der Waals surface area contributed by atoms with Crippen molar-refractivity contribution in [2.45, 2.75) is 52.1 Å². The first-order chi connectivity index (χ1) is 9.16. The molecule has 0 unspecified atom stereocenters. The third-order valence-corrected chi connectivity index (χ3v) is 4.36. The molecule has 106 valence electrons. The minimum atomic E-state index is -1.25. The number of rotatable bonds is 2. The number of benzene rings is 1. The molecule has 0 bridgehead atoms. The zero-order valence-corrected chi connectivity index (χ0v) is 15.7. The summed E-state index contributed by atoms with van der Waals surface area (Å²) >= 11 is 0. The van der Waals surface area contributed by atoms with Crippen molar-refractivity contribution in [2.75, 3.05) is 0 Å². The van der Waals surface area contributed by atoms with E-state index in [9.17, 15) is 0 Å². The maximum Gasteiger partial charge on any atom is 0.129 e. The molecule has 2 heteroatoms. The molecule has 0 amide bonds. The lowest BCUT2D eigenvalue weighted by molar-refractivity contribution is 1.24. The molecule has 0 heterocycles. The summed E-state index contributed by atoms with van der Waals surface area (Å²) in [5.74, 6) is 6.66. The van der Waals surface area contributed by atoms with E-state index < -0.39 is 16.1 Å². The zero-order chi connectivity index (χ0) is 15.2. The predicted octanol–water partition coefficient (Wildman–Crippen LogP) is 4.53. The summed E-state index contributed by atoms with van der Waals surface area (Å²) in [6, 6.07) is 8.69. The van der Waals surface area contributed by atoms with Crippen LogP contribution >= 0.6 is 0 Å². The summed E-state index contributed by atoms with van der Waals surface area (Å²) in [7, 11) is -2.49. The Balaban J connectivity index is 2.70. The second kappa shape index (κ2) is 6.98. The van der Waals surface area contributed by atoms with Crippen molar-refractivity contribution in [3.63, 3.8) is 0 Å². The monoisotopic (exact) mass is 298 g/mol. The van der Waals surface area contributed by atoms with E-state index in [1.165, 1.54) is 11.1 Å². The van der Waals surface area contributed by atoms with Crippen molar-refractivity contribution in [3.05, 3.63) is 35.4 Å². The van der Waals surface area contributed by atoms with E-state index in [0.717, 1.165) is 12.8 Å². The fraction of sp³-hybridized carbons (Fsp3) is 0.444. The van der Waals surface area contributed by atoms with Crippen LogP contribution in [0.15, 0.2) is 24.3 Å². The van der Waals surface area contributed by atoms with Crippen LogP contribution < -0.4 is 0 Å². The van der Waals surface area contributed by atoms with Crippen LogP contribution in [0, 0.1) is 22.9 Å². The second-order valence-electron chi connectivity index (χ2n) is 7.28. The molecule has 0 N–H and O–H groups in total. The predicted molar refractivity (Wildman–Crippen MR) is 96.1 cm³/mol. The summed E-state index contributed by atoms with van der Waals surface area (Å²) in [6.07, 6.45) is 1.72. The van der Waals surface area contributed by atoms with Crippen molar-refractivity contribution in [3.8, 4) is 22.9 Å². The standard InChI is InChI=1S/C18H26Si2/c1-19(2,3)14-8-12-17-10-7-11-18(16-17)13-9-15-20(4,5)6/h7,10-11,16H,12-13H2,1-6H3. The average molecular weight is 299 g/mol. The van der Waals surface area contributed by atoms with Gasteiger partial charge in [-0.05, 0) is 11.1 Å². The molecule has 20 heavy (non-hydrogen) atoms. The number of hydrogen-bond donors (Lipinski definition) is 0. The Morgan fingerprint density at radius 2 is 1.15 bits per heavy atom. The van der Waals surface area contributed by atoms with Crippen LogP contribution in [-0.2, 0) is 12.8 Å². The summed E-state index contributed by atoms with van der Waals surface area (Å²) in [5.41, 5.74) is 9.46. The first-order valence-corrected chi connectivity index (χ1v) is 14.2. The van der Waals surface area contributed by atoms with Gasteiger partial charge in [-0.25, -0.2) is 0 Å². The van der Waals surface area contributed by atoms with Gasteiger partial charge in [-0.3, -0.25) is 0 Å². The van der Waals surface area contributed by atoms with Crippen LogP contribution in [0.3, 0.4) is 0 Å². The maximum absolute atomic E-state index is 3.42. The third-order valence-electron chi connectivity index (χ3n) is 2.50. The normalized spacial score (nSPS) is 11.1. The van der Waals surface area contributed by atoms with Gasteiger partial charge in [0.05, 0.1) is 0 Å². The lowest BCUT2D eigenvalue weighted by Crippen LogP contribution is -2.16. The molecule has 1 aromatic rings. The van der Waals surface area contributed by atoms with Gasteiger partial charge in [0, 0.05) is 12.8 Å². The molecule has 0 aliphatic rings. The van der Waals surface area contributed by atoms with Gasteiger partial charge < -0.3 is 0 Å². The van der Waals surface area contributed by atoms with Crippen LogP contribution in [0.4, 0.5) is 0 Å². The smallest absolute Gasteiger partial charge is 0.129 e. The first kappa shape index (κ1) is 16.8. The molecule has 0 fully saturated rings. The van der Waals surface area contributed by atoms with E-state index >= 15 is 0 Å². The molecule has 0 saturated heterocycles. The van der Waals surface area contributed by atoms with E-state index in [1.807, 2.05) is 0 Å². The van der Waals surface area contributed by atoms with Gasteiger partial charge in [-0.15, -0.1) is 22.9 Å². The van der Waals surface area contributed by atoms with Crippen molar-refractivity contribution < 1.29 is 0 Å². The molecular weight excluding hydrogens is 272 g/mol. The van der Waals surface area contributed by atoms with E-state index in [0.29, 0.717) is 0 Å². The van der Waals surface area contributed by atoms with Gasteiger partial charge in [-0.2, -0.15) is 0 Å². The Bertz CT molecular complexity index is 514. The van der Waals surface area contributed by atoms with Gasteiger partial charge in [0.15, 0.2) is 0 Å². The lowest BCUT2D eigenvalue weighted by atomic mass is 10.1. The van der Waals surface area contributed by atoms with E-state index in [-0.39, 0.29) is 0 Å². The summed E-state index contributed by atoms with van der Waals surface area (Å²) in [4.78, 5) is 0. The molecule has 0 saturated carbocycles. The van der Waals surface area contributed by atoms with E-state index in [1.54, 1.807) is 0 Å². The average Bonchev–Trinajstić information content (AvgIpc) is 2.26. The fourth-order valence-electron chi connectivity index (χ4n) is 1.67. The molecule has 1 rings (SSSR count). The van der Waals surface area contributed by atoms with Crippen molar-refractivity contribution in [1.29, 1.82) is 0 Å². The molecule has 0 radical (unpaired) electrons. The van der Waals surface area contributed by atoms with Crippen LogP contribution in [0.25, 0.3) is 0 Å². The molecule has 0 nitrogen and oxygen atoms in total. The van der Waals surface area contributed by atoms with Crippen molar-refractivity contribution in [2.24, 2.45) is 0 Å². The van der Waals surface area contributed by atoms with E-state index in [2.05, 4.69) is 86.5 Å². The molecular formula is C18H26Si2. The Labute approximate surface area is 127 Å². The maximum atomic E-state index is 3.42. The molecule has 0 atom stereocenters. The van der Waals surface area contributed by atoms with Gasteiger partial charge >= 0.3 is 0 Å². The van der Waals surface area contributed by atoms with Crippen LogP contribution in [0.1, 0.15) is 11.1 Å². The SMILES string of the molecule is C[Si](C)(C)C#CCc1cccc(CC#C[Si](C)(C)C)c1. The lowest BCUT2D eigenvalue weighted by Gasteiger charge is -2.04.